The molecule has 120 valence electrons. The summed E-state index contributed by atoms with van der Waals surface area (Å²) in [7, 11) is 0. The van der Waals surface area contributed by atoms with Gasteiger partial charge in [0.25, 0.3) is 0 Å². The highest BCUT2D eigenvalue weighted by atomic mass is 16.3. The summed E-state index contributed by atoms with van der Waals surface area (Å²) in [5, 5.41) is 25.5. The molecule has 1 aromatic rings. The fourth-order valence-electron chi connectivity index (χ4n) is 1.95. The third-order valence-electron chi connectivity index (χ3n) is 3.48. The van der Waals surface area contributed by atoms with Crippen molar-refractivity contribution in [1.82, 2.24) is 9.97 Å². The van der Waals surface area contributed by atoms with Crippen molar-refractivity contribution in [3.63, 3.8) is 0 Å². The Kier molecular flexibility index (Phi) is 7.39. The van der Waals surface area contributed by atoms with Gasteiger partial charge in [0.1, 0.15) is 17.5 Å². The average molecular weight is 296 g/mol. The monoisotopic (exact) mass is 296 g/mol. The smallest absolute Gasteiger partial charge is 0.133 e. The van der Waals surface area contributed by atoms with Crippen molar-refractivity contribution in [2.24, 2.45) is 0 Å². The van der Waals surface area contributed by atoms with Crippen LogP contribution >= 0.6 is 0 Å². The third kappa shape index (κ3) is 5.13. The molecule has 0 amide bonds. The number of aliphatic hydroxyl groups excluding tert-OH is 2. The number of aromatic nitrogens is 2. The molecule has 1 aromatic heterocycles. The Hall–Kier alpha value is -1.40. The molecular formula is C15H28N4O2. The first kappa shape index (κ1) is 17.7. The van der Waals surface area contributed by atoms with Gasteiger partial charge in [-0.3, -0.25) is 0 Å². The van der Waals surface area contributed by atoms with Gasteiger partial charge in [-0.25, -0.2) is 9.97 Å². The topological polar surface area (TPSA) is 90.3 Å². The summed E-state index contributed by atoms with van der Waals surface area (Å²) < 4.78 is 0. The minimum atomic E-state index is -0.750. The van der Waals surface area contributed by atoms with Crippen LogP contribution in [0.15, 0.2) is 6.07 Å². The van der Waals surface area contributed by atoms with Crippen molar-refractivity contribution in [2.45, 2.75) is 52.0 Å². The molecule has 6 heteroatoms. The lowest BCUT2D eigenvalue weighted by atomic mass is 9.98. The van der Waals surface area contributed by atoms with E-state index >= 15 is 0 Å². The quantitative estimate of drug-likeness (QED) is 0.526. The van der Waals surface area contributed by atoms with Gasteiger partial charge in [0.15, 0.2) is 0 Å². The standard InChI is InChI=1S/C15H28N4O2/c1-4-7-12-17-13(16-8-5-2)9-14(18-12)19-15(6-3,10-20)11-21/h9,20-21H,4-8,10-11H2,1-3H3,(H2,16,17,18,19). The Morgan fingerprint density at radius 1 is 1.05 bits per heavy atom. The summed E-state index contributed by atoms with van der Waals surface area (Å²) in [6.45, 7) is 6.65. The number of anilines is 2. The minimum Gasteiger partial charge on any atom is -0.394 e. The first-order chi connectivity index (χ1) is 10.1. The Labute approximate surface area is 127 Å². The molecule has 4 N–H and O–H groups in total. The van der Waals surface area contributed by atoms with Crippen molar-refractivity contribution in [3.05, 3.63) is 11.9 Å². The highest BCUT2D eigenvalue weighted by molar-refractivity contribution is 5.49. The number of nitrogens with one attached hydrogen (secondary N) is 2. The Bertz CT molecular complexity index is 414. The zero-order valence-corrected chi connectivity index (χ0v) is 13.3. The molecule has 0 aliphatic rings. The summed E-state index contributed by atoms with van der Waals surface area (Å²) in [6, 6.07) is 1.82. The first-order valence-corrected chi connectivity index (χ1v) is 7.74. The van der Waals surface area contributed by atoms with Crippen molar-refractivity contribution < 1.29 is 10.2 Å². The van der Waals surface area contributed by atoms with Crippen LogP contribution in [0.5, 0.6) is 0 Å². The van der Waals surface area contributed by atoms with Crippen LogP contribution in [0.2, 0.25) is 0 Å². The van der Waals surface area contributed by atoms with Crippen LogP contribution in [0.4, 0.5) is 11.6 Å². The van der Waals surface area contributed by atoms with E-state index in [1.807, 2.05) is 13.0 Å². The second-order valence-corrected chi connectivity index (χ2v) is 5.31. The lowest BCUT2D eigenvalue weighted by molar-refractivity contribution is 0.132. The number of aliphatic hydroxyl groups is 2. The molecule has 0 aliphatic heterocycles. The molecule has 0 unspecified atom stereocenters. The molecule has 1 heterocycles. The van der Waals surface area contributed by atoms with Crippen LogP contribution in [0.25, 0.3) is 0 Å². The fraction of sp³-hybridized carbons (Fsp3) is 0.733. The predicted molar refractivity (Wildman–Crippen MR) is 85.6 cm³/mol. The lowest BCUT2D eigenvalue weighted by Gasteiger charge is -2.30. The van der Waals surface area contributed by atoms with E-state index in [1.54, 1.807) is 0 Å². The molecular weight excluding hydrogens is 268 g/mol. The maximum Gasteiger partial charge on any atom is 0.133 e. The summed E-state index contributed by atoms with van der Waals surface area (Å²) >= 11 is 0. The van der Waals surface area contributed by atoms with Gasteiger partial charge < -0.3 is 20.8 Å². The van der Waals surface area contributed by atoms with E-state index < -0.39 is 5.54 Å². The van der Waals surface area contributed by atoms with E-state index in [2.05, 4.69) is 34.4 Å². The highest BCUT2D eigenvalue weighted by Crippen LogP contribution is 2.19. The summed E-state index contributed by atoms with van der Waals surface area (Å²) in [6.07, 6.45) is 3.39. The molecule has 1 rings (SSSR count). The van der Waals surface area contributed by atoms with E-state index in [0.29, 0.717) is 12.2 Å². The van der Waals surface area contributed by atoms with Crippen LogP contribution in [-0.4, -0.2) is 45.5 Å². The van der Waals surface area contributed by atoms with E-state index in [1.165, 1.54) is 0 Å². The van der Waals surface area contributed by atoms with Crippen molar-refractivity contribution in [2.75, 3.05) is 30.4 Å². The maximum atomic E-state index is 9.54. The lowest BCUT2D eigenvalue weighted by Crippen LogP contribution is -2.45. The van der Waals surface area contributed by atoms with Gasteiger partial charge in [0.05, 0.1) is 18.8 Å². The number of aryl methyl sites for hydroxylation is 1. The third-order valence-corrected chi connectivity index (χ3v) is 3.48. The zero-order valence-electron chi connectivity index (χ0n) is 13.3. The van der Waals surface area contributed by atoms with E-state index in [4.69, 9.17) is 0 Å². The Morgan fingerprint density at radius 2 is 1.71 bits per heavy atom. The van der Waals surface area contributed by atoms with Gasteiger partial charge in [-0.1, -0.05) is 20.8 Å². The molecule has 0 radical (unpaired) electrons. The van der Waals surface area contributed by atoms with E-state index in [9.17, 15) is 10.2 Å². The molecule has 0 fully saturated rings. The predicted octanol–water partition coefficient (Wildman–Crippen LogP) is 1.80. The molecule has 21 heavy (non-hydrogen) atoms. The highest BCUT2D eigenvalue weighted by Gasteiger charge is 2.27. The fourth-order valence-corrected chi connectivity index (χ4v) is 1.95. The molecule has 0 atom stereocenters. The molecule has 0 saturated heterocycles. The van der Waals surface area contributed by atoms with Crippen molar-refractivity contribution >= 4 is 11.6 Å². The van der Waals surface area contributed by atoms with Crippen LogP contribution in [0.1, 0.15) is 45.9 Å². The molecule has 0 aromatic carbocycles. The summed E-state index contributed by atoms with van der Waals surface area (Å²) in [4.78, 5) is 8.96. The van der Waals surface area contributed by atoms with Crippen LogP contribution < -0.4 is 10.6 Å². The SMILES string of the molecule is CCCNc1cc(NC(CC)(CO)CO)nc(CCC)n1. The molecule has 0 bridgehead atoms. The second kappa shape index (κ2) is 8.79. The van der Waals surface area contributed by atoms with E-state index in [-0.39, 0.29) is 13.2 Å². The summed E-state index contributed by atoms with van der Waals surface area (Å²) in [5.41, 5.74) is -0.750. The Morgan fingerprint density at radius 3 is 2.24 bits per heavy atom. The van der Waals surface area contributed by atoms with Crippen molar-refractivity contribution in [1.29, 1.82) is 0 Å². The van der Waals surface area contributed by atoms with Gasteiger partial charge in [-0.2, -0.15) is 0 Å². The number of hydrogen-bond acceptors (Lipinski definition) is 6. The molecule has 6 nitrogen and oxygen atoms in total. The Balaban J connectivity index is 3.00. The second-order valence-electron chi connectivity index (χ2n) is 5.31. The first-order valence-electron chi connectivity index (χ1n) is 7.74. The molecule has 0 aliphatic carbocycles. The van der Waals surface area contributed by atoms with Gasteiger partial charge in [-0.15, -0.1) is 0 Å². The van der Waals surface area contributed by atoms with Gasteiger partial charge >= 0.3 is 0 Å². The van der Waals surface area contributed by atoms with E-state index in [0.717, 1.165) is 37.4 Å². The maximum absolute atomic E-state index is 9.54. The van der Waals surface area contributed by atoms with Gasteiger partial charge in [0, 0.05) is 19.0 Å². The average Bonchev–Trinajstić information content (AvgIpc) is 2.51. The van der Waals surface area contributed by atoms with Crippen LogP contribution in [-0.2, 0) is 6.42 Å². The van der Waals surface area contributed by atoms with Gasteiger partial charge in [0.2, 0.25) is 0 Å². The summed E-state index contributed by atoms with van der Waals surface area (Å²) in [5.74, 6) is 2.18. The van der Waals surface area contributed by atoms with Gasteiger partial charge in [-0.05, 0) is 19.3 Å². The molecule has 0 saturated carbocycles. The normalized spacial score (nSPS) is 11.5. The van der Waals surface area contributed by atoms with Crippen LogP contribution in [0, 0.1) is 0 Å². The minimum absolute atomic E-state index is 0.148. The van der Waals surface area contributed by atoms with Crippen molar-refractivity contribution in [3.8, 4) is 0 Å². The number of nitrogens with zero attached hydrogens (tertiary/aromatic N) is 2. The van der Waals surface area contributed by atoms with Crippen LogP contribution in [0.3, 0.4) is 0 Å². The zero-order chi connectivity index (χ0) is 15.7. The largest absolute Gasteiger partial charge is 0.394 e. The molecule has 0 spiro atoms. The number of rotatable bonds is 10. The number of hydrogen-bond donors (Lipinski definition) is 4.